The van der Waals surface area contributed by atoms with Gasteiger partial charge in [-0.1, -0.05) is 12.8 Å². The lowest BCUT2D eigenvalue weighted by atomic mass is 9.91. The van der Waals surface area contributed by atoms with Crippen LogP contribution in [-0.4, -0.2) is 32.2 Å². The Morgan fingerprint density at radius 2 is 1.88 bits per heavy atom. The molecule has 2 atom stereocenters. The second-order valence-electron chi connectivity index (χ2n) is 8.19. The average molecular weight is 449 g/mol. The van der Waals surface area contributed by atoms with Crippen molar-refractivity contribution >= 4 is 34.2 Å². The third kappa shape index (κ3) is 4.80. The van der Waals surface area contributed by atoms with E-state index in [9.17, 15) is 4.39 Å². The van der Waals surface area contributed by atoms with Crippen LogP contribution in [0.2, 0.25) is 0 Å². The lowest BCUT2D eigenvalue weighted by molar-refractivity contribution is 0.403. The smallest absolute Gasteiger partial charge is 0.223 e. The van der Waals surface area contributed by atoms with E-state index in [-0.39, 0.29) is 23.8 Å². The number of hydrogen-bond acceptors (Lipinski definition) is 8. The summed E-state index contributed by atoms with van der Waals surface area (Å²) in [6.45, 7) is 0. The summed E-state index contributed by atoms with van der Waals surface area (Å²) in [5, 5.41) is 14.2. The van der Waals surface area contributed by atoms with E-state index in [1.807, 2.05) is 6.07 Å². The topological polar surface area (TPSA) is 140 Å². The molecule has 0 radical (unpaired) electrons. The first kappa shape index (κ1) is 21.0. The molecular formula is C23H25FN8O. The summed E-state index contributed by atoms with van der Waals surface area (Å²) in [5.74, 6) is 1.26. The standard InChI is InChI=1S/C23H25FN8O/c24-16-10-14(5-8-20(16)33-15-6-7-18-13(9-15)12-27-32-18)28-21-11-22(31-23(26)30-21)29-19-4-2-1-3-17(19)25/h5-12,17,19H,1-4,25H2,(H,27,32)(H4,26,28,29,30,31)/t17-,19?/m1/s1. The number of rotatable bonds is 6. The number of H-pyrrole nitrogens is 1. The third-order valence-corrected chi connectivity index (χ3v) is 5.74. The summed E-state index contributed by atoms with van der Waals surface area (Å²) in [7, 11) is 0. The monoisotopic (exact) mass is 448 g/mol. The summed E-state index contributed by atoms with van der Waals surface area (Å²) >= 11 is 0. The van der Waals surface area contributed by atoms with Crippen LogP contribution in [0, 0.1) is 5.82 Å². The number of nitrogens with one attached hydrogen (secondary N) is 3. The van der Waals surface area contributed by atoms with Gasteiger partial charge >= 0.3 is 0 Å². The van der Waals surface area contributed by atoms with Gasteiger partial charge in [-0.3, -0.25) is 5.10 Å². The van der Waals surface area contributed by atoms with E-state index < -0.39 is 5.82 Å². The van der Waals surface area contributed by atoms with E-state index >= 15 is 0 Å². The first-order valence-corrected chi connectivity index (χ1v) is 10.9. The SMILES string of the molecule is Nc1nc(Nc2ccc(Oc3ccc4[nH]ncc4c3)c(F)c2)cc(NC2CCCC[C@H]2N)n1. The van der Waals surface area contributed by atoms with E-state index in [0.717, 1.165) is 36.6 Å². The van der Waals surface area contributed by atoms with Crippen LogP contribution in [0.4, 0.5) is 27.7 Å². The van der Waals surface area contributed by atoms with Crippen molar-refractivity contribution in [1.82, 2.24) is 20.2 Å². The molecule has 1 fully saturated rings. The fourth-order valence-corrected chi connectivity index (χ4v) is 4.05. The fourth-order valence-electron chi connectivity index (χ4n) is 4.05. The maximum atomic E-state index is 14.7. The van der Waals surface area contributed by atoms with Gasteiger partial charge in [0.2, 0.25) is 5.95 Å². The van der Waals surface area contributed by atoms with E-state index in [0.29, 0.717) is 23.1 Å². The summed E-state index contributed by atoms with van der Waals surface area (Å²) in [6.07, 6.45) is 5.91. The van der Waals surface area contributed by atoms with Crippen LogP contribution in [0.3, 0.4) is 0 Å². The normalized spacial score (nSPS) is 18.2. The van der Waals surface area contributed by atoms with Crippen molar-refractivity contribution in [3.63, 3.8) is 0 Å². The fraction of sp³-hybridized carbons (Fsp3) is 0.261. The van der Waals surface area contributed by atoms with Crippen molar-refractivity contribution in [2.45, 2.75) is 37.8 Å². The van der Waals surface area contributed by atoms with Crippen LogP contribution in [0.5, 0.6) is 11.5 Å². The second kappa shape index (κ2) is 8.91. The van der Waals surface area contributed by atoms with Crippen molar-refractivity contribution < 1.29 is 9.13 Å². The van der Waals surface area contributed by atoms with E-state index in [2.05, 4.69) is 30.8 Å². The maximum Gasteiger partial charge on any atom is 0.223 e. The molecule has 1 saturated carbocycles. The Balaban J connectivity index is 1.30. The molecule has 2 heterocycles. The van der Waals surface area contributed by atoms with E-state index in [1.165, 1.54) is 6.07 Å². The van der Waals surface area contributed by atoms with Crippen molar-refractivity contribution in [3.8, 4) is 11.5 Å². The quantitative estimate of drug-likeness (QED) is 0.294. The molecule has 33 heavy (non-hydrogen) atoms. The molecule has 1 aliphatic rings. The van der Waals surface area contributed by atoms with Crippen molar-refractivity contribution in [1.29, 1.82) is 0 Å². The molecule has 0 spiro atoms. The number of ether oxygens (including phenoxy) is 1. The largest absolute Gasteiger partial charge is 0.454 e. The molecule has 7 N–H and O–H groups in total. The highest BCUT2D eigenvalue weighted by molar-refractivity contribution is 5.79. The highest BCUT2D eigenvalue weighted by Crippen LogP contribution is 2.30. The van der Waals surface area contributed by atoms with Gasteiger partial charge in [0.1, 0.15) is 17.4 Å². The molecule has 1 aliphatic carbocycles. The average Bonchev–Trinajstić information content (AvgIpc) is 3.25. The highest BCUT2D eigenvalue weighted by Gasteiger charge is 2.22. The Kier molecular flexibility index (Phi) is 5.66. The predicted octanol–water partition coefficient (Wildman–Crippen LogP) is 4.29. The van der Waals surface area contributed by atoms with Crippen LogP contribution >= 0.6 is 0 Å². The van der Waals surface area contributed by atoms with Gasteiger partial charge in [0.15, 0.2) is 11.6 Å². The third-order valence-electron chi connectivity index (χ3n) is 5.74. The molecule has 4 aromatic rings. The molecule has 0 saturated heterocycles. The van der Waals surface area contributed by atoms with Gasteiger partial charge in [-0.05, 0) is 43.2 Å². The molecule has 0 amide bonds. The highest BCUT2D eigenvalue weighted by atomic mass is 19.1. The van der Waals surface area contributed by atoms with Gasteiger partial charge in [-0.25, -0.2) is 4.39 Å². The molecule has 5 rings (SSSR count). The van der Waals surface area contributed by atoms with Crippen LogP contribution in [-0.2, 0) is 0 Å². The first-order valence-electron chi connectivity index (χ1n) is 10.9. The van der Waals surface area contributed by atoms with Crippen molar-refractivity contribution in [3.05, 3.63) is 54.5 Å². The summed E-state index contributed by atoms with van der Waals surface area (Å²) in [6, 6.07) is 11.9. The minimum absolute atomic E-state index is 0.0715. The van der Waals surface area contributed by atoms with E-state index in [1.54, 1.807) is 36.5 Å². The van der Waals surface area contributed by atoms with Crippen molar-refractivity contribution in [2.24, 2.45) is 5.73 Å². The number of aromatic amines is 1. The lowest BCUT2D eigenvalue weighted by Gasteiger charge is -2.29. The van der Waals surface area contributed by atoms with Gasteiger partial charge in [-0.15, -0.1) is 0 Å². The molecule has 170 valence electrons. The molecule has 0 bridgehead atoms. The number of halogens is 1. The second-order valence-corrected chi connectivity index (χ2v) is 8.19. The molecular weight excluding hydrogens is 423 g/mol. The number of fused-ring (bicyclic) bond motifs is 1. The minimum Gasteiger partial charge on any atom is -0.454 e. The molecule has 2 aromatic heterocycles. The zero-order valence-corrected chi connectivity index (χ0v) is 17.9. The van der Waals surface area contributed by atoms with Gasteiger partial charge in [0.05, 0.1) is 11.7 Å². The number of nitrogens with zero attached hydrogens (tertiary/aromatic N) is 3. The number of aromatic nitrogens is 4. The van der Waals surface area contributed by atoms with Crippen LogP contribution in [0.25, 0.3) is 10.9 Å². The minimum atomic E-state index is -0.513. The number of nitrogen functional groups attached to an aromatic ring is 1. The summed E-state index contributed by atoms with van der Waals surface area (Å²) < 4.78 is 20.4. The van der Waals surface area contributed by atoms with Gasteiger partial charge in [0, 0.05) is 35.3 Å². The lowest BCUT2D eigenvalue weighted by Crippen LogP contribution is -2.42. The van der Waals surface area contributed by atoms with E-state index in [4.69, 9.17) is 16.2 Å². The summed E-state index contributed by atoms with van der Waals surface area (Å²) in [4.78, 5) is 8.47. The summed E-state index contributed by atoms with van der Waals surface area (Å²) in [5.41, 5.74) is 13.5. The number of benzene rings is 2. The van der Waals surface area contributed by atoms with Crippen LogP contribution in [0.15, 0.2) is 48.7 Å². The number of nitrogens with two attached hydrogens (primary N) is 2. The van der Waals surface area contributed by atoms with Gasteiger partial charge in [-0.2, -0.15) is 15.1 Å². The molecule has 10 heteroatoms. The molecule has 0 aliphatic heterocycles. The van der Waals surface area contributed by atoms with Gasteiger partial charge in [0.25, 0.3) is 0 Å². The van der Waals surface area contributed by atoms with Crippen LogP contribution in [0.1, 0.15) is 25.7 Å². The van der Waals surface area contributed by atoms with Crippen molar-refractivity contribution in [2.75, 3.05) is 16.4 Å². The molecule has 2 aromatic carbocycles. The zero-order valence-electron chi connectivity index (χ0n) is 17.9. The Labute approximate surface area is 189 Å². The Hall–Kier alpha value is -3.92. The first-order chi connectivity index (χ1) is 16.0. The Bertz CT molecular complexity index is 1280. The zero-order chi connectivity index (χ0) is 22.8. The van der Waals surface area contributed by atoms with Crippen LogP contribution < -0.4 is 26.8 Å². The maximum absolute atomic E-state index is 14.7. The predicted molar refractivity (Wildman–Crippen MR) is 126 cm³/mol. The Morgan fingerprint density at radius 1 is 1.03 bits per heavy atom. The van der Waals surface area contributed by atoms with Gasteiger partial charge < -0.3 is 26.8 Å². The number of anilines is 4. The molecule has 9 nitrogen and oxygen atoms in total. The Morgan fingerprint density at radius 3 is 2.73 bits per heavy atom. The number of hydrogen-bond donors (Lipinski definition) is 5. The molecule has 1 unspecified atom stereocenters.